The highest BCUT2D eigenvalue weighted by atomic mass is 32.2. The number of hydrogen-bond donors (Lipinski definition) is 3. The van der Waals surface area contributed by atoms with Gasteiger partial charge in [0.2, 0.25) is 0 Å². The summed E-state index contributed by atoms with van der Waals surface area (Å²) in [7, 11) is 0. The Morgan fingerprint density at radius 2 is 2.30 bits per heavy atom. The summed E-state index contributed by atoms with van der Waals surface area (Å²) in [5, 5.41) is 21.9. The Balaban J connectivity index is 2.56. The molecule has 5 nitrogen and oxygen atoms in total. The Morgan fingerprint density at radius 3 is 2.90 bits per heavy atom. The second kappa shape index (κ2) is 8.87. The maximum Gasteiger partial charge on any atom is 0.326 e. The minimum Gasteiger partial charge on any atom is -0.465 e. The molecule has 3 unspecified atom stereocenters. The summed E-state index contributed by atoms with van der Waals surface area (Å²) in [6.07, 6.45) is 2.73. The molecule has 1 fully saturated rings. The summed E-state index contributed by atoms with van der Waals surface area (Å²) in [6, 6.07) is 0. The normalized spacial score (nSPS) is 27.5. The van der Waals surface area contributed by atoms with Crippen molar-refractivity contribution in [1.29, 1.82) is 0 Å². The van der Waals surface area contributed by atoms with E-state index in [0.717, 1.165) is 32.2 Å². The minimum atomic E-state index is -0.679. The number of nitrogens with one attached hydrogen (secondary N) is 1. The van der Waals surface area contributed by atoms with E-state index in [4.69, 9.17) is 9.84 Å². The summed E-state index contributed by atoms with van der Waals surface area (Å²) in [5.41, 5.74) is -0.562. The highest BCUT2D eigenvalue weighted by Gasteiger charge is 2.46. The van der Waals surface area contributed by atoms with Crippen LogP contribution in [0.15, 0.2) is 0 Å². The third kappa shape index (κ3) is 4.91. The fourth-order valence-electron chi connectivity index (χ4n) is 2.49. The van der Waals surface area contributed by atoms with E-state index < -0.39 is 11.6 Å². The van der Waals surface area contributed by atoms with E-state index in [1.165, 1.54) is 0 Å². The maximum atomic E-state index is 12.2. The van der Waals surface area contributed by atoms with Crippen LogP contribution in [0.3, 0.4) is 0 Å². The van der Waals surface area contributed by atoms with Crippen molar-refractivity contribution in [1.82, 2.24) is 5.32 Å². The summed E-state index contributed by atoms with van der Waals surface area (Å²) in [5.74, 6) is 0.354. The Bertz CT molecular complexity index is 303. The molecule has 3 N–H and O–H groups in total. The number of carbonyl (C=O) groups is 1. The molecule has 0 bridgehead atoms. The number of thioether (sulfide) groups is 1. The van der Waals surface area contributed by atoms with Crippen molar-refractivity contribution in [3.8, 4) is 0 Å². The highest BCUT2D eigenvalue weighted by molar-refractivity contribution is 7.99. The average molecular weight is 305 g/mol. The van der Waals surface area contributed by atoms with Crippen LogP contribution in [0.25, 0.3) is 0 Å². The Kier molecular flexibility index (Phi) is 7.87. The minimum absolute atomic E-state index is 0.153. The lowest BCUT2D eigenvalue weighted by molar-refractivity contribution is -0.151. The molecule has 0 saturated heterocycles. The third-order valence-electron chi connectivity index (χ3n) is 3.58. The van der Waals surface area contributed by atoms with Crippen molar-refractivity contribution in [2.24, 2.45) is 0 Å². The molecule has 0 spiro atoms. The molecule has 0 aromatic carbocycles. The van der Waals surface area contributed by atoms with Crippen LogP contribution in [0.4, 0.5) is 0 Å². The van der Waals surface area contributed by atoms with Crippen LogP contribution in [0, 0.1) is 0 Å². The van der Waals surface area contributed by atoms with Crippen molar-refractivity contribution in [2.45, 2.75) is 56.4 Å². The maximum absolute atomic E-state index is 12.2. The van der Waals surface area contributed by atoms with Gasteiger partial charge in [0, 0.05) is 11.0 Å². The Labute approximate surface area is 125 Å². The summed E-state index contributed by atoms with van der Waals surface area (Å²) in [4.78, 5) is 12.2. The van der Waals surface area contributed by atoms with Gasteiger partial charge in [-0.05, 0) is 39.2 Å². The zero-order valence-corrected chi connectivity index (χ0v) is 13.2. The van der Waals surface area contributed by atoms with Gasteiger partial charge in [-0.2, -0.15) is 11.8 Å². The Morgan fingerprint density at radius 1 is 1.55 bits per heavy atom. The summed E-state index contributed by atoms with van der Waals surface area (Å²) >= 11 is 1.63. The van der Waals surface area contributed by atoms with E-state index in [0.29, 0.717) is 17.6 Å². The van der Waals surface area contributed by atoms with Crippen LogP contribution in [0.1, 0.15) is 39.5 Å². The highest BCUT2D eigenvalue weighted by Crippen LogP contribution is 2.38. The van der Waals surface area contributed by atoms with Crippen LogP contribution in [0.2, 0.25) is 0 Å². The molecule has 0 aromatic rings. The van der Waals surface area contributed by atoms with Crippen molar-refractivity contribution in [3.05, 3.63) is 0 Å². The van der Waals surface area contributed by atoms with Gasteiger partial charge in [-0.15, -0.1) is 0 Å². The number of hydrogen-bond acceptors (Lipinski definition) is 6. The average Bonchev–Trinajstić information content (AvgIpc) is 2.87. The molecular weight excluding hydrogens is 278 g/mol. The third-order valence-corrected chi connectivity index (χ3v) is 5.03. The van der Waals surface area contributed by atoms with E-state index in [2.05, 4.69) is 12.2 Å². The molecule has 0 amide bonds. The second-order valence-corrected chi connectivity index (χ2v) is 6.60. The SMILES string of the molecule is CCCNC1(C(=O)OCC)CCC(SCC(O)CO)C1. The molecule has 20 heavy (non-hydrogen) atoms. The van der Waals surface area contributed by atoms with Gasteiger partial charge in [-0.25, -0.2) is 0 Å². The summed E-state index contributed by atoms with van der Waals surface area (Å²) in [6.45, 7) is 4.89. The van der Waals surface area contributed by atoms with Gasteiger partial charge >= 0.3 is 5.97 Å². The molecule has 1 aliphatic rings. The van der Waals surface area contributed by atoms with E-state index in [1.54, 1.807) is 11.8 Å². The van der Waals surface area contributed by atoms with Gasteiger partial charge in [0.1, 0.15) is 5.54 Å². The van der Waals surface area contributed by atoms with Crippen LogP contribution in [-0.2, 0) is 9.53 Å². The second-order valence-electron chi connectivity index (χ2n) is 5.26. The molecule has 1 aliphatic carbocycles. The van der Waals surface area contributed by atoms with Crippen molar-refractivity contribution >= 4 is 17.7 Å². The number of esters is 1. The lowest BCUT2D eigenvalue weighted by atomic mass is 9.97. The predicted octanol–water partition coefficient (Wildman–Crippen LogP) is 0.927. The number of aliphatic hydroxyl groups excluding tert-OH is 2. The molecule has 6 heteroatoms. The van der Waals surface area contributed by atoms with Gasteiger partial charge in [-0.1, -0.05) is 6.92 Å². The van der Waals surface area contributed by atoms with Gasteiger partial charge < -0.3 is 20.3 Å². The van der Waals surface area contributed by atoms with Crippen LogP contribution >= 0.6 is 11.8 Å². The van der Waals surface area contributed by atoms with E-state index in [1.807, 2.05) is 6.92 Å². The first-order valence-electron chi connectivity index (χ1n) is 7.40. The lowest BCUT2D eigenvalue weighted by Gasteiger charge is -2.28. The molecular formula is C14H27NO4S. The van der Waals surface area contributed by atoms with Crippen LogP contribution < -0.4 is 5.32 Å². The van der Waals surface area contributed by atoms with Gasteiger partial charge in [0.15, 0.2) is 0 Å². The monoisotopic (exact) mass is 305 g/mol. The summed E-state index contributed by atoms with van der Waals surface area (Å²) < 4.78 is 5.22. The topological polar surface area (TPSA) is 78.8 Å². The zero-order chi connectivity index (χ0) is 15.0. The quantitative estimate of drug-likeness (QED) is 0.550. The number of rotatable bonds is 9. The van der Waals surface area contributed by atoms with Crippen LogP contribution in [0.5, 0.6) is 0 Å². The lowest BCUT2D eigenvalue weighted by Crippen LogP contribution is -2.51. The predicted molar refractivity (Wildman–Crippen MR) is 80.8 cm³/mol. The zero-order valence-electron chi connectivity index (χ0n) is 12.4. The molecule has 3 atom stereocenters. The molecule has 0 aliphatic heterocycles. The van der Waals surface area contributed by atoms with E-state index in [9.17, 15) is 9.90 Å². The van der Waals surface area contributed by atoms with Gasteiger partial charge in [0.25, 0.3) is 0 Å². The Hall–Kier alpha value is -0.300. The smallest absolute Gasteiger partial charge is 0.326 e. The molecule has 118 valence electrons. The first kappa shape index (κ1) is 17.8. The first-order valence-corrected chi connectivity index (χ1v) is 8.45. The van der Waals surface area contributed by atoms with Crippen molar-refractivity contribution < 1.29 is 19.7 Å². The van der Waals surface area contributed by atoms with E-state index in [-0.39, 0.29) is 12.6 Å². The molecule has 0 radical (unpaired) electrons. The molecule has 0 aromatic heterocycles. The first-order chi connectivity index (χ1) is 9.57. The molecule has 0 heterocycles. The van der Waals surface area contributed by atoms with Crippen molar-refractivity contribution in [3.63, 3.8) is 0 Å². The number of ether oxygens (including phenoxy) is 1. The standard InChI is InChI=1S/C14H27NO4S/c1-3-7-15-14(13(18)19-4-2)6-5-12(8-14)20-10-11(17)9-16/h11-12,15-17H,3-10H2,1-2H3. The fourth-order valence-corrected chi connectivity index (χ4v) is 3.78. The molecule has 1 saturated carbocycles. The van der Waals surface area contributed by atoms with Crippen LogP contribution in [-0.4, -0.2) is 58.6 Å². The van der Waals surface area contributed by atoms with Crippen molar-refractivity contribution in [2.75, 3.05) is 25.5 Å². The largest absolute Gasteiger partial charge is 0.465 e. The van der Waals surface area contributed by atoms with Gasteiger partial charge in [-0.3, -0.25) is 4.79 Å². The van der Waals surface area contributed by atoms with E-state index >= 15 is 0 Å². The molecule has 1 rings (SSSR count). The van der Waals surface area contributed by atoms with Gasteiger partial charge in [0.05, 0.1) is 19.3 Å². The number of carbonyl (C=O) groups excluding carboxylic acids is 1. The fraction of sp³-hybridized carbons (Fsp3) is 0.929. The number of aliphatic hydroxyl groups is 2.